The monoisotopic (exact) mass is 369 g/mol. The summed E-state index contributed by atoms with van der Waals surface area (Å²) in [6, 6.07) is 11.4. The summed E-state index contributed by atoms with van der Waals surface area (Å²) in [6.45, 7) is 3.50. The van der Waals surface area contributed by atoms with Crippen molar-refractivity contribution in [2.24, 2.45) is 10.7 Å². The molecule has 7 heteroatoms. The van der Waals surface area contributed by atoms with Crippen molar-refractivity contribution in [1.29, 1.82) is 0 Å². The molecule has 4 N–H and O–H groups in total. The molecule has 7 nitrogen and oxygen atoms in total. The van der Waals surface area contributed by atoms with Crippen LogP contribution < -0.4 is 16.4 Å². The fourth-order valence-corrected chi connectivity index (χ4v) is 3.33. The number of carbonyl (C=O) groups is 1. The minimum atomic E-state index is -0.419. The predicted octanol–water partition coefficient (Wildman–Crippen LogP) is 1.88. The summed E-state index contributed by atoms with van der Waals surface area (Å²) in [5, 5.41) is 6.70. The third-order valence-electron chi connectivity index (χ3n) is 4.84. The molecule has 27 heavy (non-hydrogen) atoms. The third kappa shape index (κ3) is 5.10. The van der Waals surface area contributed by atoms with E-state index >= 15 is 0 Å². The van der Waals surface area contributed by atoms with Gasteiger partial charge in [0.1, 0.15) is 5.76 Å². The van der Waals surface area contributed by atoms with E-state index in [4.69, 9.17) is 10.2 Å². The topological polar surface area (TPSA) is 95.9 Å². The normalized spacial score (nSPS) is 16.3. The predicted molar refractivity (Wildman–Crippen MR) is 105 cm³/mol. The Kier molecular flexibility index (Phi) is 6.49. The number of carbonyl (C=O) groups excluding carboxylic acids is 1. The summed E-state index contributed by atoms with van der Waals surface area (Å²) in [4.78, 5) is 17.9. The molecule has 1 aromatic heterocycles. The van der Waals surface area contributed by atoms with Crippen molar-refractivity contribution in [3.8, 4) is 0 Å². The summed E-state index contributed by atoms with van der Waals surface area (Å²) in [5.41, 5.74) is 6.83. The largest absolute Gasteiger partial charge is 0.468 e. The Morgan fingerprint density at radius 3 is 2.56 bits per heavy atom. The number of nitrogens with two attached hydrogens (primary N) is 1. The zero-order chi connectivity index (χ0) is 19.1. The number of rotatable bonds is 7. The zero-order valence-corrected chi connectivity index (χ0v) is 15.6. The van der Waals surface area contributed by atoms with Gasteiger partial charge in [0.25, 0.3) is 0 Å². The number of amides is 1. The Bertz CT molecular complexity index is 749. The highest BCUT2D eigenvalue weighted by atomic mass is 16.3. The van der Waals surface area contributed by atoms with Gasteiger partial charge in [-0.1, -0.05) is 12.1 Å². The minimum absolute atomic E-state index is 0.191. The van der Waals surface area contributed by atoms with Gasteiger partial charge in [0.05, 0.1) is 12.3 Å². The second-order valence-electron chi connectivity index (χ2n) is 6.64. The summed E-state index contributed by atoms with van der Waals surface area (Å²) in [7, 11) is 1.75. The molecule has 0 saturated carbocycles. The average Bonchev–Trinajstić information content (AvgIpc) is 3.39. The highest BCUT2D eigenvalue weighted by molar-refractivity contribution is 5.92. The number of furan rings is 1. The highest BCUT2D eigenvalue weighted by Crippen LogP contribution is 2.24. The van der Waals surface area contributed by atoms with Gasteiger partial charge in [0.15, 0.2) is 5.96 Å². The fourth-order valence-electron chi connectivity index (χ4n) is 3.33. The van der Waals surface area contributed by atoms with E-state index in [1.54, 1.807) is 25.4 Å². The molecule has 0 bridgehead atoms. The zero-order valence-electron chi connectivity index (χ0n) is 15.6. The van der Waals surface area contributed by atoms with Gasteiger partial charge in [-0.25, -0.2) is 0 Å². The molecule has 0 aliphatic carbocycles. The van der Waals surface area contributed by atoms with Crippen LogP contribution in [0.15, 0.2) is 52.1 Å². The Morgan fingerprint density at radius 1 is 1.22 bits per heavy atom. The standard InChI is InChI=1S/C20H27N5O2/c1-22-20(23-13-15-6-8-16(9-7-15)19(21)26)24-14-17(18-5-4-12-27-18)25-10-2-3-11-25/h4-9,12,17H,2-3,10-11,13-14H2,1H3,(H2,21,26)(H2,22,23,24). The highest BCUT2D eigenvalue weighted by Gasteiger charge is 2.25. The maximum atomic E-state index is 11.1. The number of primary amides is 1. The molecule has 144 valence electrons. The number of likely N-dealkylation sites (tertiary alicyclic amines) is 1. The molecule has 2 heterocycles. The van der Waals surface area contributed by atoms with E-state index in [0.29, 0.717) is 18.7 Å². The first kappa shape index (κ1) is 19.0. The van der Waals surface area contributed by atoms with Crippen molar-refractivity contribution in [2.45, 2.75) is 25.4 Å². The van der Waals surface area contributed by atoms with Crippen molar-refractivity contribution >= 4 is 11.9 Å². The SMILES string of the molecule is CN=C(NCc1ccc(C(N)=O)cc1)NCC(c1ccco1)N1CCCC1. The van der Waals surface area contributed by atoms with E-state index in [2.05, 4.69) is 20.5 Å². The van der Waals surface area contributed by atoms with Crippen LogP contribution in [0.4, 0.5) is 0 Å². The van der Waals surface area contributed by atoms with Gasteiger partial charge in [-0.3, -0.25) is 14.7 Å². The Morgan fingerprint density at radius 2 is 1.96 bits per heavy atom. The molecule has 1 aliphatic heterocycles. The van der Waals surface area contributed by atoms with E-state index < -0.39 is 5.91 Å². The van der Waals surface area contributed by atoms with E-state index in [1.807, 2.05) is 24.3 Å². The minimum Gasteiger partial charge on any atom is -0.468 e. The number of hydrogen-bond acceptors (Lipinski definition) is 4. The molecule has 1 unspecified atom stereocenters. The number of nitrogens with one attached hydrogen (secondary N) is 2. The lowest BCUT2D eigenvalue weighted by atomic mass is 10.1. The van der Waals surface area contributed by atoms with Gasteiger partial charge >= 0.3 is 0 Å². The van der Waals surface area contributed by atoms with Crippen LogP contribution in [0.1, 0.15) is 40.6 Å². The van der Waals surface area contributed by atoms with Crippen molar-refractivity contribution in [1.82, 2.24) is 15.5 Å². The molecular weight excluding hydrogens is 342 g/mol. The van der Waals surface area contributed by atoms with Gasteiger partial charge in [-0.15, -0.1) is 0 Å². The fraction of sp³-hybridized carbons (Fsp3) is 0.400. The number of guanidine groups is 1. The molecule has 1 fully saturated rings. The smallest absolute Gasteiger partial charge is 0.248 e. The number of nitrogens with zero attached hydrogens (tertiary/aromatic N) is 2. The van der Waals surface area contributed by atoms with Crippen LogP contribution in [-0.4, -0.2) is 43.4 Å². The summed E-state index contributed by atoms with van der Waals surface area (Å²) >= 11 is 0. The lowest BCUT2D eigenvalue weighted by Gasteiger charge is -2.26. The van der Waals surface area contributed by atoms with Crippen molar-refractivity contribution in [2.75, 3.05) is 26.7 Å². The molecule has 0 spiro atoms. The molecule has 0 radical (unpaired) electrons. The van der Waals surface area contributed by atoms with Crippen LogP contribution in [0.5, 0.6) is 0 Å². The quantitative estimate of drug-likeness (QED) is 0.512. The first-order chi connectivity index (χ1) is 13.2. The van der Waals surface area contributed by atoms with Crippen LogP contribution >= 0.6 is 0 Å². The lowest BCUT2D eigenvalue weighted by molar-refractivity contribution is 0.100. The van der Waals surface area contributed by atoms with Crippen LogP contribution in [-0.2, 0) is 6.54 Å². The molecule has 1 aromatic carbocycles. The summed E-state index contributed by atoms with van der Waals surface area (Å²) in [6.07, 6.45) is 4.18. The lowest BCUT2D eigenvalue weighted by Crippen LogP contribution is -2.42. The van der Waals surface area contributed by atoms with E-state index in [0.717, 1.165) is 30.4 Å². The third-order valence-corrected chi connectivity index (χ3v) is 4.84. The molecular formula is C20H27N5O2. The molecule has 1 aliphatic rings. The van der Waals surface area contributed by atoms with E-state index in [-0.39, 0.29) is 6.04 Å². The number of aliphatic imine (C=N–C) groups is 1. The van der Waals surface area contributed by atoms with Crippen molar-refractivity contribution < 1.29 is 9.21 Å². The molecule has 3 rings (SSSR count). The van der Waals surface area contributed by atoms with E-state index in [1.165, 1.54) is 12.8 Å². The molecule has 1 amide bonds. The maximum Gasteiger partial charge on any atom is 0.248 e. The molecule has 1 atom stereocenters. The average molecular weight is 369 g/mol. The first-order valence-corrected chi connectivity index (χ1v) is 9.28. The Labute approximate surface area is 159 Å². The van der Waals surface area contributed by atoms with Crippen LogP contribution in [0, 0.1) is 0 Å². The Balaban J connectivity index is 1.55. The number of benzene rings is 1. The van der Waals surface area contributed by atoms with Gasteiger partial charge in [-0.05, 0) is 55.8 Å². The second-order valence-corrected chi connectivity index (χ2v) is 6.64. The maximum absolute atomic E-state index is 11.1. The summed E-state index contributed by atoms with van der Waals surface area (Å²) < 4.78 is 5.65. The Hall–Kier alpha value is -2.80. The first-order valence-electron chi connectivity index (χ1n) is 9.28. The van der Waals surface area contributed by atoms with Gasteiger partial charge in [-0.2, -0.15) is 0 Å². The van der Waals surface area contributed by atoms with Gasteiger partial charge < -0.3 is 20.8 Å². The molecule has 1 saturated heterocycles. The van der Waals surface area contributed by atoms with Crippen molar-refractivity contribution in [3.05, 3.63) is 59.5 Å². The van der Waals surface area contributed by atoms with Crippen LogP contribution in [0.25, 0.3) is 0 Å². The van der Waals surface area contributed by atoms with Gasteiger partial charge in [0.2, 0.25) is 5.91 Å². The van der Waals surface area contributed by atoms with Crippen molar-refractivity contribution in [3.63, 3.8) is 0 Å². The second kappa shape index (κ2) is 9.23. The summed E-state index contributed by atoms with van der Waals surface area (Å²) in [5.74, 6) is 1.28. The number of hydrogen-bond donors (Lipinski definition) is 3. The van der Waals surface area contributed by atoms with Gasteiger partial charge in [0, 0.05) is 25.7 Å². The van der Waals surface area contributed by atoms with Crippen LogP contribution in [0.2, 0.25) is 0 Å². The van der Waals surface area contributed by atoms with E-state index in [9.17, 15) is 4.79 Å². The molecule has 2 aromatic rings. The van der Waals surface area contributed by atoms with Crippen LogP contribution in [0.3, 0.4) is 0 Å².